The van der Waals surface area contributed by atoms with Gasteiger partial charge in [0.15, 0.2) is 11.5 Å². The lowest BCUT2D eigenvalue weighted by Crippen LogP contribution is -2.30. The lowest BCUT2D eigenvalue weighted by atomic mass is 9.88. The van der Waals surface area contributed by atoms with E-state index in [2.05, 4.69) is 48.6 Å². The van der Waals surface area contributed by atoms with Crippen molar-refractivity contribution in [1.29, 1.82) is 0 Å². The Morgan fingerprint density at radius 3 is 2.41 bits per heavy atom. The smallest absolute Gasteiger partial charge is 0.162 e. The summed E-state index contributed by atoms with van der Waals surface area (Å²) in [6, 6.07) is 20.9. The summed E-state index contributed by atoms with van der Waals surface area (Å²) in [7, 11) is 3.40. The van der Waals surface area contributed by atoms with Crippen molar-refractivity contribution < 1.29 is 14.2 Å². The molecule has 1 N–H and O–H groups in total. The lowest BCUT2D eigenvalue weighted by Gasteiger charge is -2.29. The van der Waals surface area contributed by atoms with Crippen LogP contribution in [0.25, 0.3) is 0 Å². The van der Waals surface area contributed by atoms with Crippen molar-refractivity contribution in [1.82, 2.24) is 5.32 Å². The van der Waals surface area contributed by atoms with Crippen molar-refractivity contribution in [2.75, 3.05) is 20.8 Å². The molecule has 4 heteroatoms. The molecule has 0 fully saturated rings. The molecule has 0 saturated heterocycles. The van der Waals surface area contributed by atoms with Crippen molar-refractivity contribution in [2.45, 2.75) is 26.0 Å². The van der Waals surface area contributed by atoms with Crippen LogP contribution < -0.4 is 19.5 Å². The van der Waals surface area contributed by atoms with E-state index >= 15 is 0 Å². The van der Waals surface area contributed by atoms with E-state index in [9.17, 15) is 0 Å². The summed E-state index contributed by atoms with van der Waals surface area (Å²) in [4.78, 5) is 0. The molecular formula is C25H27NO3. The molecule has 0 amide bonds. The van der Waals surface area contributed by atoms with Gasteiger partial charge in [0, 0.05) is 6.54 Å². The van der Waals surface area contributed by atoms with Gasteiger partial charge in [0.1, 0.15) is 12.4 Å². The summed E-state index contributed by atoms with van der Waals surface area (Å²) in [6.07, 6.45) is 0.969. The fourth-order valence-corrected chi connectivity index (χ4v) is 3.95. The molecule has 3 aromatic carbocycles. The van der Waals surface area contributed by atoms with Gasteiger partial charge in [0.25, 0.3) is 0 Å². The summed E-state index contributed by atoms with van der Waals surface area (Å²) < 4.78 is 17.2. The van der Waals surface area contributed by atoms with Crippen LogP contribution in [0.15, 0.2) is 60.7 Å². The quantitative estimate of drug-likeness (QED) is 0.656. The Bertz CT molecular complexity index is 985. The zero-order valence-electron chi connectivity index (χ0n) is 17.2. The summed E-state index contributed by atoms with van der Waals surface area (Å²) >= 11 is 0. The third-order valence-electron chi connectivity index (χ3n) is 5.47. The van der Waals surface area contributed by atoms with Crippen LogP contribution in [-0.2, 0) is 13.0 Å². The first-order chi connectivity index (χ1) is 14.2. The van der Waals surface area contributed by atoms with E-state index in [4.69, 9.17) is 14.2 Å². The number of methoxy groups -OCH3 is 2. The Kier molecular flexibility index (Phi) is 5.72. The molecule has 3 aromatic rings. The largest absolute Gasteiger partial charge is 0.496 e. The van der Waals surface area contributed by atoms with Crippen molar-refractivity contribution in [3.8, 4) is 17.2 Å². The van der Waals surface area contributed by atoms with E-state index in [1.807, 2.05) is 24.3 Å². The maximum Gasteiger partial charge on any atom is 0.162 e. The molecule has 0 aliphatic carbocycles. The molecule has 1 unspecified atom stereocenters. The average molecular weight is 389 g/mol. The minimum Gasteiger partial charge on any atom is -0.496 e. The third-order valence-corrected chi connectivity index (χ3v) is 5.47. The van der Waals surface area contributed by atoms with Gasteiger partial charge >= 0.3 is 0 Å². The first kappa shape index (κ1) is 19.3. The van der Waals surface area contributed by atoms with E-state index in [1.54, 1.807) is 14.2 Å². The number of fused-ring (bicyclic) bond motifs is 1. The number of nitrogens with one attached hydrogen (secondary N) is 1. The van der Waals surface area contributed by atoms with Gasteiger partial charge < -0.3 is 19.5 Å². The van der Waals surface area contributed by atoms with Crippen molar-refractivity contribution in [3.05, 3.63) is 88.5 Å². The molecule has 0 spiro atoms. The first-order valence-electron chi connectivity index (χ1n) is 9.95. The molecular weight excluding hydrogens is 362 g/mol. The molecule has 1 atom stereocenters. The van der Waals surface area contributed by atoms with Gasteiger partial charge in [-0.05, 0) is 59.4 Å². The fraction of sp³-hybridized carbons (Fsp3) is 0.280. The molecule has 0 aromatic heterocycles. The van der Waals surface area contributed by atoms with Crippen molar-refractivity contribution in [2.24, 2.45) is 0 Å². The zero-order chi connectivity index (χ0) is 20.2. The van der Waals surface area contributed by atoms with Crippen LogP contribution >= 0.6 is 0 Å². The topological polar surface area (TPSA) is 39.7 Å². The molecule has 1 aliphatic heterocycles. The van der Waals surface area contributed by atoms with Gasteiger partial charge in [0.2, 0.25) is 0 Å². The number of aryl methyl sites for hydroxylation is 1. The van der Waals surface area contributed by atoms with Crippen LogP contribution in [0.2, 0.25) is 0 Å². The SMILES string of the molecule is COc1ccc(C2NCCc3cc(OC)c(OCc4ccccc4)cc32)cc1C. The highest BCUT2D eigenvalue weighted by atomic mass is 16.5. The Morgan fingerprint density at radius 2 is 1.69 bits per heavy atom. The van der Waals surface area contributed by atoms with Crippen LogP contribution in [0.1, 0.15) is 33.9 Å². The molecule has 0 saturated carbocycles. The minimum atomic E-state index is 0.119. The van der Waals surface area contributed by atoms with Crippen LogP contribution in [0.3, 0.4) is 0 Å². The van der Waals surface area contributed by atoms with Crippen LogP contribution in [0, 0.1) is 6.92 Å². The fourth-order valence-electron chi connectivity index (χ4n) is 3.95. The Hall–Kier alpha value is -2.98. The molecule has 0 radical (unpaired) electrons. The Balaban J connectivity index is 1.67. The molecule has 29 heavy (non-hydrogen) atoms. The molecule has 150 valence electrons. The number of hydrogen-bond acceptors (Lipinski definition) is 4. The highest BCUT2D eigenvalue weighted by Crippen LogP contribution is 2.38. The van der Waals surface area contributed by atoms with Crippen molar-refractivity contribution >= 4 is 0 Å². The Morgan fingerprint density at radius 1 is 0.897 bits per heavy atom. The molecule has 1 heterocycles. The maximum absolute atomic E-state index is 6.15. The predicted octanol–water partition coefficient (Wildman–Crippen LogP) is 4.83. The standard InChI is InChI=1S/C25H27NO3/c1-17-13-20(9-10-22(17)27-2)25-21-15-24(29-16-18-7-5-4-6-8-18)23(28-3)14-19(21)11-12-26-25/h4-10,13-15,25-26H,11-12,16H2,1-3H3. The first-order valence-corrected chi connectivity index (χ1v) is 9.95. The zero-order valence-corrected chi connectivity index (χ0v) is 17.2. The number of hydrogen-bond donors (Lipinski definition) is 1. The number of ether oxygens (including phenoxy) is 3. The summed E-state index contributed by atoms with van der Waals surface area (Å²) in [5.41, 5.74) is 6.03. The van der Waals surface area contributed by atoms with Gasteiger partial charge in [-0.25, -0.2) is 0 Å². The predicted molar refractivity (Wildman–Crippen MR) is 115 cm³/mol. The number of benzene rings is 3. The van der Waals surface area contributed by atoms with E-state index in [1.165, 1.54) is 16.7 Å². The second-order valence-corrected chi connectivity index (χ2v) is 7.34. The minimum absolute atomic E-state index is 0.119. The van der Waals surface area contributed by atoms with E-state index in [0.29, 0.717) is 6.61 Å². The number of rotatable bonds is 6. The molecule has 1 aliphatic rings. The third kappa shape index (κ3) is 4.08. The highest BCUT2D eigenvalue weighted by Gasteiger charge is 2.24. The van der Waals surface area contributed by atoms with Gasteiger partial charge in [-0.2, -0.15) is 0 Å². The van der Waals surface area contributed by atoms with E-state index in [-0.39, 0.29) is 6.04 Å². The van der Waals surface area contributed by atoms with Gasteiger partial charge in [0.05, 0.1) is 20.3 Å². The van der Waals surface area contributed by atoms with Crippen LogP contribution in [0.5, 0.6) is 17.2 Å². The van der Waals surface area contributed by atoms with Crippen molar-refractivity contribution in [3.63, 3.8) is 0 Å². The van der Waals surface area contributed by atoms with Crippen LogP contribution in [0.4, 0.5) is 0 Å². The maximum atomic E-state index is 6.15. The van der Waals surface area contributed by atoms with Crippen LogP contribution in [-0.4, -0.2) is 20.8 Å². The highest BCUT2D eigenvalue weighted by molar-refractivity contribution is 5.52. The summed E-state index contributed by atoms with van der Waals surface area (Å²) in [5, 5.41) is 3.66. The summed E-state index contributed by atoms with van der Waals surface area (Å²) in [6.45, 7) is 3.51. The summed E-state index contributed by atoms with van der Waals surface area (Å²) in [5.74, 6) is 2.46. The molecule has 4 rings (SSSR count). The van der Waals surface area contributed by atoms with Gasteiger partial charge in [-0.3, -0.25) is 0 Å². The van der Waals surface area contributed by atoms with E-state index < -0.39 is 0 Å². The van der Waals surface area contributed by atoms with Gasteiger partial charge in [-0.1, -0.05) is 42.5 Å². The van der Waals surface area contributed by atoms with Gasteiger partial charge in [-0.15, -0.1) is 0 Å². The average Bonchev–Trinajstić information content (AvgIpc) is 2.77. The Labute approximate surface area is 172 Å². The monoisotopic (exact) mass is 389 g/mol. The lowest BCUT2D eigenvalue weighted by molar-refractivity contribution is 0.283. The second kappa shape index (κ2) is 8.58. The molecule has 4 nitrogen and oxygen atoms in total. The molecule has 0 bridgehead atoms. The van der Waals surface area contributed by atoms with E-state index in [0.717, 1.165) is 41.3 Å². The normalized spacial score (nSPS) is 15.5. The second-order valence-electron chi connectivity index (χ2n) is 7.34.